The van der Waals surface area contributed by atoms with E-state index in [0.717, 1.165) is 16.7 Å². The van der Waals surface area contributed by atoms with Crippen LogP contribution in [0.3, 0.4) is 0 Å². The van der Waals surface area contributed by atoms with Crippen LogP contribution in [0.5, 0.6) is 5.75 Å². The van der Waals surface area contributed by atoms with E-state index < -0.39 is 4.92 Å². The summed E-state index contributed by atoms with van der Waals surface area (Å²) in [7, 11) is 0. The number of rotatable bonds is 17. The van der Waals surface area contributed by atoms with Gasteiger partial charge in [0, 0.05) is 18.3 Å². The second-order valence-corrected chi connectivity index (χ2v) is 12.4. The largest absolute Gasteiger partial charge is 0.872 e. The monoisotopic (exact) mass is 635 g/mol. The van der Waals surface area contributed by atoms with Gasteiger partial charge in [0.2, 0.25) is 0 Å². The minimum absolute atomic E-state index is 0.0283. The third-order valence-corrected chi connectivity index (χ3v) is 8.65. The van der Waals surface area contributed by atoms with Gasteiger partial charge in [-0.3, -0.25) is 15.1 Å². The van der Waals surface area contributed by atoms with Crippen LogP contribution in [0, 0.1) is 10.1 Å². The smallest absolute Gasteiger partial charge is 0.269 e. The topological polar surface area (TPSA) is 78.6 Å². The summed E-state index contributed by atoms with van der Waals surface area (Å²) in [4.78, 5) is 14.9. The molecule has 6 heteroatoms. The molecule has 0 aromatic heterocycles. The molecule has 250 valence electrons. The van der Waals surface area contributed by atoms with Crippen LogP contribution in [0.1, 0.15) is 84.6 Å². The molecule has 0 atom stereocenters. The molecular formula is C41H53N3O3. The third-order valence-electron chi connectivity index (χ3n) is 8.65. The van der Waals surface area contributed by atoms with Crippen LogP contribution in [-0.4, -0.2) is 41.8 Å². The normalized spacial score (nSPS) is 11.3. The van der Waals surface area contributed by atoms with Crippen LogP contribution in [0.15, 0.2) is 102 Å². The fourth-order valence-electron chi connectivity index (χ4n) is 5.83. The SMILES string of the molecule is CCCC[N+](CCCC)(CCCC)CCCC.O=[N+]([O-])c1ccc(C=Nc2cc(-c3ccccc3)c([O-])c(-c3ccccc3)c2)cc1. The lowest BCUT2D eigenvalue weighted by molar-refractivity contribution is -0.929. The van der Waals surface area contributed by atoms with Crippen molar-refractivity contribution in [1.29, 1.82) is 0 Å². The Morgan fingerprint density at radius 2 is 1.04 bits per heavy atom. The summed E-state index contributed by atoms with van der Waals surface area (Å²) in [5, 5.41) is 24.0. The molecule has 0 aliphatic rings. The van der Waals surface area contributed by atoms with Crippen molar-refractivity contribution in [2.24, 2.45) is 4.99 Å². The van der Waals surface area contributed by atoms with Gasteiger partial charge in [0.1, 0.15) is 0 Å². The number of unbranched alkanes of at least 4 members (excludes halogenated alkanes) is 4. The Hall–Kier alpha value is -4.29. The Morgan fingerprint density at radius 1 is 0.638 bits per heavy atom. The Kier molecular flexibility index (Phi) is 15.9. The van der Waals surface area contributed by atoms with Crippen molar-refractivity contribution in [3.05, 3.63) is 113 Å². The van der Waals surface area contributed by atoms with Crippen molar-refractivity contribution < 1.29 is 14.5 Å². The molecule has 0 heterocycles. The van der Waals surface area contributed by atoms with Crippen molar-refractivity contribution in [2.75, 3.05) is 26.2 Å². The molecule has 4 aromatic rings. The molecule has 0 radical (unpaired) electrons. The molecule has 0 saturated carbocycles. The van der Waals surface area contributed by atoms with Crippen molar-refractivity contribution in [3.8, 4) is 28.0 Å². The summed E-state index contributed by atoms with van der Waals surface area (Å²) >= 11 is 0. The Morgan fingerprint density at radius 3 is 1.40 bits per heavy atom. The first-order valence-electron chi connectivity index (χ1n) is 17.5. The molecule has 4 aromatic carbocycles. The van der Waals surface area contributed by atoms with E-state index in [-0.39, 0.29) is 11.4 Å². The average molecular weight is 636 g/mol. The van der Waals surface area contributed by atoms with Gasteiger partial charge in [0.25, 0.3) is 5.69 Å². The summed E-state index contributed by atoms with van der Waals surface area (Å²) in [6.07, 6.45) is 12.7. The van der Waals surface area contributed by atoms with Gasteiger partial charge in [-0.15, -0.1) is 0 Å². The van der Waals surface area contributed by atoms with E-state index in [1.807, 2.05) is 60.7 Å². The lowest BCUT2D eigenvalue weighted by atomic mass is 9.96. The predicted octanol–water partition coefficient (Wildman–Crippen LogP) is 10.8. The van der Waals surface area contributed by atoms with Crippen LogP contribution in [0.4, 0.5) is 11.4 Å². The molecule has 0 fully saturated rings. The van der Waals surface area contributed by atoms with Crippen LogP contribution in [0.25, 0.3) is 22.3 Å². The van der Waals surface area contributed by atoms with Gasteiger partial charge in [-0.25, -0.2) is 0 Å². The molecule has 0 aliphatic heterocycles. The zero-order valence-electron chi connectivity index (χ0n) is 28.9. The number of non-ortho nitro benzene ring substituents is 1. The first-order chi connectivity index (χ1) is 22.9. The van der Waals surface area contributed by atoms with Gasteiger partial charge in [-0.2, -0.15) is 0 Å². The van der Waals surface area contributed by atoms with Gasteiger partial charge >= 0.3 is 0 Å². The zero-order valence-corrected chi connectivity index (χ0v) is 28.9. The third kappa shape index (κ3) is 11.8. The maximum Gasteiger partial charge on any atom is 0.269 e. The number of nitro groups is 1. The molecule has 0 saturated heterocycles. The quantitative estimate of drug-likeness (QED) is 0.0501. The molecule has 0 bridgehead atoms. The van der Waals surface area contributed by atoms with E-state index in [1.54, 1.807) is 30.5 Å². The van der Waals surface area contributed by atoms with Gasteiger partial charge in [0.15, 0.2) is 0 Å². The molecular weight excluding hydrogens is 582 g/mol. The molecule has 0 amide bonds. The number of hydrogen-bond acceptors (Lipinski definition) is 4. The van der Waals surface area contributed by atoms with E-state index in [0.29, 0.717) is 16.8 Å². The molecule has 0 aliphatic carbocycles. The van der Waals surface area contributed by atoms with Gasteiger partial charge < -0.3 is 9.59 Å². The average Bonchev–Trinajstić information content (AvgIpc) is 3.11. The highest BCUT2D eigenvalue weighted by atomic mass is 16.6. The number of hydrogen-bond donors (Lipinski definition) is 0. The van der Waals surface area contributed by atoms with Crippen molar-refractivity contribution in [2.45, 2.75) is 79.1 Å². The van der Waals surface area contributed by atoms with Gasteiger partial charge in [-0.05, 0) is 77.8 Å². The zero-order chi connectivity index (χ0) is 33.9. The van der Waals surface area contributed by atoms with E-state index in [4.69, 9.17) is 0 Å². The number of benzene rings is 4. The molecule has 0 spiro atoms. The van der Waals surface area contributed by atoms with Crippen molar-refractivity contribution in [1.82, 2.24) is 0 Å². The standard InChI is InChI=1S/C25H18N2O3.C16H36N/c28-25-23(19-7-3-1-4-8-19)15-21(16-24(25)20-9-5-2-6-10-20)26-17-18-11-13-22(14-12-18)27(29)30;1-5-9-13-17(14-10-6-2,15-11-7-3)16-12-8-4/h1-17,28H;5-16H2,1-4H3/q;+1/p-1. The van der Waals surface area contributed by atoms with E-state index in [1.165, 1.54) is 94.2 Å². The van der Waals surface area contributed by atoms with Crippen LogP contribution < -0.4 is 5.11 Å². The fraction of sp³-hybridized carbons (Fsp3) is 0.390. The van der Waals surface area contributed by atoms with E-state index >= 15 is 0 Å². The lowest BCUT2D eigenvalue weighted by Crippen LogP contribution is -2.50. The number of quaternary nitrogens is 1. The Labute approximate surface area is 282 Å². The second-order valence-electron chi connectivity index (χ2n) is 12.4. The summed E-state index contributed by atoms with van der Waals surface area (Å²) in [5.74, 6) is -0.0540. The minimum Gasteiger partial charge on any atom is -0.872 e. The first-order valence-corrected chi connectivity index (χ1v) is 17.5. The minimum atomic E-state index is -0.438. The summed E-state index contributed by atoms with van der Waals surface area (Å²) < 4.78 is 1.42. The van der Waals surface area contributed by atoms with Crippen LogP contribution >= 0.6 is 0 Å². The highest BCUT2D eigenvalue weighted by Crippen LogP contribution is 2.39. The maximum absolute atomic E-state index is 13.2. The van der Waals surface area contributed by atoms with Crippen molar-refractivity contribution >= 4 is 17.6 Å². The highest BCUT2D eigenvalue weighted by molar-refractivity contribution is 5.87. The molecule has 0 N–H and O–H groups in total. The Bertz CT molecular complexity index is 1400. The summed E-state index contributed by atoms with van der Waals surface area (Å²) in [5.41, 5.74) is 4.19. The number of nitro benzene ring substituents is 1. The van der Waals surface area contributed by atoms with Crippen molar-refractivity contribution in [3.63, 3.8) is 0 Å². The number of aliphatic imine (C=N–C) groups is 1. The summed E-state index contributed by atoms with van der Waals surface area (Å²) in [6, 6.07) is 28.7. The van der Waals surface area contributed by atoms with E-state index in [2.05, 4.69) is 32.7 Å². The number of nitrogens with zero attached hydrogens (tertiary/aromatic N) is 3. The summed E-state index contributed by atoms with van der Waals surface area (Å²) in [6.45, 7) is 15.0. The second kappa shape index (κ2) is 20.1. The molecule has 0 unspecified atom stereocenters. The molecule has 6 nitrogen and oxygen atoms in total. The van der Waals surface area contributed by atoms with Crippen LogP contribution in [0.2, 0.25) is 0 Å². The van der Waals surface area contributed by atoms with E-state index in [9.17, 15) is 15.2 Å². The lowest BCUT2D eigenvalue weighted by Gasteiger charge is -2.39. The van der Waals surface area contributed by atoms with Gasteiger partial charge in [-0.1, -0.05) is 120 Å². The highest BCUT2D eigenvalue weighted by Gasteiger charge is 2.24. The first kappa shape index (κ1) is 37.2. The fourth-order valence-corrected chi connectivity index (χ4v) is 5.83. The molecule has 47 heavy (non-hydrogen) atoms. The predicted molar refractivity (Wildman–Crippen MR) is 196 cm³/mol. The van der Waals surface area contributed by atoms with Crippen LogP contribution in [-0.2, 0) is 0 Å². The Balaban J connectivity index is 0.000000303. The molecule has 4 rings (SSSR count). The maximum atomic E-state index is 13.2. The van der Waals surface area contributed by atoms with Gasteiger partial charge in [0.05, 0.1) is 36.8 Å².